The minimum Gasteiger partial charge on any atom is -0.489 e. The second kappa shape index (κ2) is 13.3. The van der Waals surface area contributed by atoms with Crippen LogP contribution >= 0.6 is 11.6 Å². The highest BCUT2D eigenvalue weighted by Crippen LogP contribution is 2.36. The van der Waals surface area contributed by atoms with Crippen LogP contribution in [0, 0.1) is 11.7 Å². The fourth-order valence-corrected chi connectivity index (χ4v) is 6.04. The van der Waals surface area contributed by atoms with Gasteiger partial charge in [-0.05, 0) is 43.0 Å². The van der Waals surface area contributed by atoms with Crippen LogP contribution in [0.4, 0.5) is 15.9 Å². The van der Waals surface area contributed by atoms with E-state index in [0.717, 1.165) is 18.2 Å². The number of hydrogen-bond acceptors (Lipinski definition) is 9. The Morgan fingerprint density at radius 2 is 1.84 bits per heavy atom. The number of amides is 1. The minimum absolute atomic E-state index is 0.0203. The molecule has 0 bridgehead atoms. The van der Waals surface area contributed by atoms with Gasteiger partial charge in [-0.15, -0.1) is 0 Å². The summed E-state index contributed by atoms with van der Waals surface area (Å²) >= 11 is 5.98. The molecule has 1 unspecified atom stereocenters. The largest absolute Gasteiger partial charge is 0.489 e. The van der Waals surface area contributed by atoms with Crippen molar-refractivity contribution < 1.29 is 28.2 Å². The Labute approximate surface area is 254 Å². The number of nitrogens with zero attached hydrogens (tertiary/aromatic N) is 4. The van der Waals surface area contributed by atoms with E-state index in [0.29, 0.717) is 93.2 Å². The van der Waals surface area contributed by atoms with Gasteiger partial charge < -0.3 is 24.4 Å². The summed E-state index contributed by atoms with van der Waals surface area (Å²) in [7, 11) is 0. The zero-order chi connectivity index (χ0) is 29.8. The summed E-state index contributed by atoms with van der Waals surface area (Å²) < 4.78 is 31.4. The molecule has 10 nitrogen and oxygen atoms in total. The van der Waals surface area contributed by atoms with Crippen LogP contribution in [-0.4, -0.2) is 83.7 Å². The van der Waals surface area contributed by atoms with Crippen molar-refractivity contribution in [3.63, 3.8) is 0 Å². The van der Waals surface area contributed by atoms with E-state index in [1.807, 2.05) is 12.1 Å². The highest BCUT2D eigenvalue weighted by atomic mass is 35.5. The number of rotatable bonds is 10. The standard InChI is InChI=1S/C31H35ClFN5O5/c32-23-15-21(5-6-24(23)33)36-30-22-16-27(42-18-20-3-1-2-4-20)28(17-25(22)34-19-35-30)41-14-13-37-9-11-38(12-10-37)31(40)26-7-8-29(39)43-26/h5-6,15-17,19-20,26H,1-4,7-14,18H2,(H,34,35,36). The molecule has 12 heteroatoms. The third-order valence-corrected chi connectivity index (χ3v) is 8.63. The molecule has 6 rings (SSSR count). The van der Waals surface area contributed by atoms with Crippen molar-refractivity contribution in [2.45, 2.75) is 44.6 Å². The molecule has 3 heterocycles. The number of ether oxygens (including phenoxy) is 3. The lowest BCUT2D eigenvalue weighted by Gasteiger charge is -2.35. The van der Waals surface area contributed by atoms with E-state index >= 15 is 0 Å². The molecule has 1 saturated carbocycles. The number of aromatic nitrogens is 2. The first-order chi connectivity index (χ1) is 20.9. The number of piperazine rings is 1. The van der Waals surface area contributed by atoms with Gasteiger partial charge in [0.15, 0.2) is 17.6 Å². The quantitative estimate of drug-likeness (QED) is 0.318. The average molecular weight is 612 g/mol. The maximum atomic E-state index is 13.7. The molecule has 1 amide bonds. The molecule has 228 valence electrons. The molecule has 1 aromatic heterocycles. The first-order valence-electron chi connectivity index (χ1n) is 14.9. The molecule has 2 aliphatic heterocycles. The van der Waals surface area contributed by atoms with Crippen molar-refractivity contribution in [3.05, 3.63) is 47.5 Å². The Hall–Kier alpha value is -3.70. The summed E-state index contributed by atoms with van der Waals surface area (Å²) in [6.45, 7) is 4.34. The van der Waals surface area contributed by atoms with Gasteiger partial charge in [-0.25, -0.2) is 14.4 Å². The monoisotopic (exact) mass is 611 g/mol. The van der Waals surface area contributed by atoms with Gasteiger partial charge in [-0.1, -0.05) is 24.4 Å². The van der Waals surface area contributed by atoms with E-state index in [1.54, 1.807) is 11.0 Å². The van der Waals surface area contributed by atoms with Crippen molar-refractivity contribution in [1.29, 1.82) is 0 Å². The Morgan fingerprint density at radius 1 is 1.05 bits per heavy atom. The molecule has 3 fully saturated rings. The smallest absolute Gasteiger partial charge is 0.306 e. The lowest BCUT2D eigenvalue weighted by Crippen LogP contribution is -2.52. The zero-order valence-corrected chi connectivity index (χ0v) is 24.7. The van der Waals surface area contributed by atoms with E-state index in [-0.39, 0.29) is 16.9 Å². The molecule has 0 radical (unpaired) electrons. The predicted octanol–water partition coefficient (Wildman–Crippen LogP) is 4.96. The number of anilines is 2. The highest BCUT2D eigenvalue weighted by Gasteiger charge is 2.34. The molecule has 3 aliphatic rings. The van der Waals surface area contributed by atoms with Crippen LogP contribution < -0.4 is 14.8 Å². The number of cyclic esters (lactones) is 1. The summed E-state index contributed by atoms with van der Waals surface area (Å²) in [6, 6.07) is 8.18. The lowest BCUT2D eigenvalue weighted by atomic mass is 10.1. The summed E-state index contributed by atoms with van der Waals surface area (Å²) in [4.78, 5) is 37.0. The Morgan fingerprint density at radius 3 is 2.58 bits per heavy atom. The van der Waals surface area contributed by atoms with Crippen LogP contribution in [0.3, 0.4) is 0 Å². The molecule has 1 aliphatic carbocycles. The minimum atomic E-state index is -0.633. The van der Waals surface area contributed by atoms with Crippen molar-refractivity contribution in [2.24, 2.45) is 5.92 Å². The lowest BCUT2D eigenvalue weighted by molar-refractivity contribution is -0.153. The van der Waals surface area contributed by atoms with Crippen molar-refractivity contribution in [3.8, 4) is 11.5 Å². The number of halogens is 2. The number of hydrogen-bond donors (Lipinski definition) is 1. The number of carbonyl (C=O) groups is 2. The van der Waals surface area contributed by atoms with E-state index < -0.39 is 11.9 Å². The number of carbonyl (C=O) groups excluding carboxylic acids is 2. The zero-order valence-electron chi connectivity index (χ0n) is 23.9. The third-order valence-electron chi connectivity index (χ3n) is 8.34. The highest BCUT2D eigenvalue weighted by molar-refractivity contribution is 6.31. The topological polar surface area (TPSA) is 106 Å². The maximum Gasteiger partial charge on any atom is 0.306 e. The van der Waals surface area contributed by atoms with Crippen LogP contribution in [0.1, 0.15) is 38.5 Å². The number of nitrogens with one attached hydrogen (secondary N) is 1. The van der Waals surface area contributed by atoms with Gasteiger partial charge in [0.2, 0.25) is 0 Å². The summed E-state index contributed by atoms with van der Waals surface area (Å²) in [5.41, 5.74) is 1.28. The van der Waals surface area contributed by atoms with Gasteiger partial charge in [-0.2, -0.15) is 0 Å². The normalized spacial score (nSPS) is 19.5. The average Bonchev–Trinajstić information content (AvgIpc) is 3.70. The van der Waals surface area contributed by atoms with Gasteiger partial charge in [0.05, 0.1) is 17.1 Å². The molecular weight excluding hydrogens is 577 g/mol. The van der Waals surface area contributed by atoms with Crippen molar-refractivity contribution in [1.82, 2.24) is 19.8 Å². The maximum absolute atomic E-state index is 13.7. The van der Waals surface area contributed by atoms with Crippen LogP contribution in [0.15, 0.2) is 36.7 Å². The molecule has 43 heavy (non-hydrogen) atoms. The first kappa shape index (κ1) is 29.4. The number of benzene rings is 2. The summed E-state index contributed by atoms with van der Waals surface area (Å²) in [5.74, 6) is 1.40. The molecule has 3 aromatic rings. The van der Waals surface area contributed by atoms with E-state index in [1.165, 1.54) is 31.3 Å². The second-order valence-corrected chi connectivity index (χ2v) is 11.7. The SMILES string of the molecule is O=C1CCC(C(=O)N2CCN(CCOc3cc4ncnc(Nc5ccc(F)c(Cl)c5)c4cc3OCC3CCCC3)CC2)O1. The van der Waals surface area contributed by atoms with Crippen LogP contribution in [0.2, 0.25) is 5.02 Å². The molecule has 0 spiro atoms. The summed E-state index contributed by atoms with van der Waals surface area (Å²) in [5, 5.41) is 3.98. The molecule has 2 aromatic carbocycles. The van der Waals surface area contributed by atoms with Crippen molar-refractivity contribution in [2.75, 3.05) is 51.3 Å². The fraction of sp³-hybridized carbons (Fsp3) is 0.484. The van der Waals surface area contributed by atoms with Gasteiger partial charge in [0, 0.05) is 62.7 Å². The Balaban J connectivity index is 1.12. The Kier molecular flexibility index (Phi) is 9.08. The van der Waals surface area contributed by atoms with E-state index in [9.17, 15) is 14.0 Å². The van der Waals surface area contributed by atoms with E-state index in [4.69, 9.17) is 25.8 Å². The first-order valence-corrected chi connectivity index (χ1v) is 15.3. The van der Waals surface area contributed by atoms with Gasteiger partial charge in [0.1, 0.15) is 24.6 Å². The third kappa shape index (κ3) is 7.10. The van der Waals surface area contributed by atoms with Gasteiger partial charge in [0.25, 0.3) is 5.91 Å². The van der Waals surface area contributed by atoms with E-state index in [2.05, 4.69) is 20.2 Å². The van der Waals surface area contributed by atoms with Crippen LogP contribution in [0.25, 0.3) is 10.9 Å². The van der Waals surface area contributed by atoms with Crippen LogP contribution in [0.5, 0.6) is 11.5 Å². The molecule has 1 N–H and O–H groups in total. The van der Waals surface area contributed by atoms with Gasteiger partial charge >= 0.3 is 5.97 Å². The Bertz CT molecular complexity index is 1480. The fourth-order valence-electron chi connectivity index (χ4n) is 5.86. The molecular formula is C31H35ClFN5O5. The summed E-state index contributed by atoms with van der Waals surface area (Å²) in [6.07, 6.45) is 6.36. The predicted molar refractivity (Wildman–Crippen MR) is 159 cm³/mol. The van der Waals surface area contributed by atoms with Crippen molar-refractivity contribution >= 4 is 45.9 Å². The molecule has 2 saturated heterocycles. The number of fused-ring (bicyclic) bond motifs is 1. The van der Waals surface area contributed by atoms with Crippen LogP contribution in [-0.2, 0) is 14.3 Å². The second-order valence-electron chi connectivity index (χ2n) is 11.3. The van der Waals surface area contributed by atoms with Gasteiger partial charge in [-0.3, -0.25) is 14.5 Å². The molecule has 1 atom stereocenters. The number of esters is 1.